The molecule has 0 N–H and O–H groups in total. The van der Waals surface area contributed by atoms with E-state index in [1.54, 1.807) is 4.90 Å². The largest absolute Gasteiger partial charge is 0.339 e. The summed E-state index contributed by atoms with van der Waals surface area (Å²) < 4.78 is 0. The molecule has 5 nitrogen and oxygen atoms in total. The van der Waals surface area contributed by atoms with Crippen molar-refractivity contribution < 1.29 is 9.59 Å². The van der Waals surface area contributed by atoms with Gasteiger partial charge in [0.2, 0.25) is 11.8 Å². The van der Waals surface area contributed by atoms with Crippen LogP contribution in [-0.4, -0.2) is 35.8 Å². The van der Waals surface area contributed by atoms with Gasteiger partial charge in [0.25, 0.3) is 0 Å². The highest BCUT2D eigenvalue weighted by molar-refractivity contribution is 6.31. The monoisotopic (exact) mass is 423 g/mol. The van der Waals surface area contributed by atoms with Crippen molar-refractivity contribution in [3.05, 3.63) is 65.2 Å². The maximum Gasteiger partial charge on any atom is 0.227 e. The van der Waals surface area contributed by atoms with E-state index in [-0.39, 0.29) is 37.1 Å². The van der Waals surface area contributed by atoms with Crippen molar-refractivity contribution in [2.45, 2.75) is 44.6 Å². The number of likely N-dealkylation sites (tertiary alicyclic amines) is 1. The number of amides is 2. The van der Waals surface area contributed by atoms with Crippen LogP contribution >= 0.6 is 11.6 Å². The minimum Gasteiger partial charge on any atom is -0.339 e. The quantitative estimate of drug-likeness (QED) is 0.623. The summed E-state index contributed by atoms with van der Waals surface area (Å²) in [7, 11) is 0. The van der Waals surface area contributed by atoms with Crippen molar-refractivity contribution in [1.82, 2.24) is 4.90 Å². The highest BCUT2D eigenvalue weighted by atomic mass is 35.5. The predicted octanol–water partition coefficient (Wildman–Crippen LogP) is 4.60. The molecule has 3 rings (SSSR count). The van der Waals surface area contributed by atoms with Crippen LogP contribution in [0.3, 0.4) is 0 Å². The van der Waals surface area contributed by atoms with Crippen LogP contribution in [0.25, 0.3) is 0 Å². The van der Waals surface area contributed by atoms with Crippen LogP contribution in [-0.2, 0) is 16.0 Å². The van der Waals surface area contributed by atoms with Gasteiger partial charge in [-0.2, -0.15) is 5.26 Å². The van der Waals surface area contributed by atoms with Gasteiger partial charge in [0, 0.05) is 42.7 Å². The lowest BCUT2D eigenvalue weighted by Crippen LogP contribution is -2.38. The molecule has 156 valence electrons. The smallest absolute Gasteiger partial charge is 0.227 e. The Bertz CT molecular complexity index is 910. The first-order valence-electron chi connectivity index (χ1n) is 10.4. The standard InChI is InChI=1S/C24H26ClN3O2/c25-22-12-5-4-8-19(22)18-21-11-6-16-28(21)24(30)14-13-23(29)27(17-7-15-26)20-9-2-1-3-10-20/h1-5,8-10,12,21H,6-7,11,13-14,16-18H2. The Morgan fingerprint density at radius 1 is 1.10 bits per heavy atom. The Morgan fingerprint density at radius 2 is 1.83 bits per heavy atom. The van der Waals surface area contributed by atoms with Crippen LogP contribution < -0.4 is 4.90 Å². The molecular weight excluding hydrogens is 398 g/mol. The molecule has 2 aromatic rings. The fourth-order valence-corrected chi connectivity index (χ4v) is 4.17. The summed E-state index contributed by atoms with van der Waals surface area (Å²) >= 11 is 6.29. The number of carbonyl (C=O) groups excluding carboxylic acids is 2. The van der Waals surface area contributed by atoms with E-state index in [0.717, 1.165) is 42.1 Å². The number of hydrogen-bond donors (Lipinski definition) is 0. The molecule has 0 aromatic heterocycles. The molecule has 1 saturated heterocycles. The SMILES string of the molecule is N#CCCN(C(=O)CCC(=O)N1CCCC1Cc1ccccc1Cl)c1ccccc1. The topological polar surface area (TPSA) is 64.4 Å². The normalized spacial score (nSPS) is 15.6. The number of benzene rings is 2. The van der Waals surface area contributed by atoms with Crippen molar-refractivity contribution >= 4 is 29.1 Å². The zero-order valence-electron chi connectivity index (χ0n) is 17.0. The second kappa shape index (κ2) is 10.8. The first-order valence-corrected chi connectivity index (χ1v) is 10.7. The van der Waals surface area contributed by atoms with E-state index in [4.69, 9.17) is 16.9 Å². The average Bonchev–Trinajstić information content (AvgIpc) is 3.23. The number of rotatable bonds is 8. The Labute approximate surface area is 182 Å². The van der Waals surface area contributed by atoms with Gasteiger partial charge in [0.15, 0.2) is 0 Å². The molecule has 1 unspecified atom stereocenters. The Hall–Kier alpha value is -2.84. The Balaban J connectivity index is 1.59. The molecule has 1 aliphatic rings. The van der Waals surface area contributed by atoms with E-state index < -0.39 is 0 Å². The van der Waals surface area contributed by atoms with Gasteiger partial charge < -0.3 is 9.80 Å². The highest BCUT2D eigenvalue weighted by Crippen LogP contribution is 2.26. The number of para-hydroxylation sites is 1. The maximum absolute atomic E-state index is 12.9. The van der Waals surface area contributed by atoms with Crippen LogP contribution in [0.15, 0.2) is 54.6 Å². The second-order valence-corrected chi connectivity index (χ2v) is 7.87. The van der Waals surface area contributed by atoms with Crippen LogP contribution in [0.2, 0.25) is 5.02 Å². The molecule has 1 heterocycles. The zero-order valence-corrected chi connectivity index (χ0v) is 17.7. The van der Waals surface area contributed by atoms with Gasteiger partial charge in [-0.15, -0.1) is 0 Å². The van der Waals surface area contributed by atoms with Gasteiger partial charge in [0.1, 0.15) is 0 Å². The van der Waals surface area contributed by atoms with E-state index in [0.29, 0.717) is 6.54 Å². The van der Waals surface area contributed by atoms with Gasteiger partial charge in [0.05, 0.1) is 12.5 Å². The number of nitriles is 1. The average molecular weight is 424 g/mol. The van der Waals surface area contributed by atoms with Crippen LogP contribution in [0, 0.1) is 11.3 Å². The van der Waals surface area contributed by atoms with Crippen molar-refractivity contribution in [3.8, 4) is 6.07 Å². The third-order valence-corrected chi connectivity index (χ3v) is 5.85. The van der Waals surface area contributed by atoms with E-state index in [9.17, 15) is 9.59 Å². The fraction of sp³-hybridized carbons (Fsp3) is 0.375. The summed E-state index contributed by atoms with van der Waals surface area (Å²) in [5, 5.41) is 9.64. The lowest BCUT2D eigenvalue weighted by Gasteiger charge is -2.26. The molecule has 1 aliphatic heterocycles. The van der Waals surface area contributed by atoms with Gasteiger partial charge in [-0.05, 0) is 43.0 Å². The zero-order chi connectivity index (χ0) is 21.3. The molecule has 0 aliphatic carbocycles. The van der Waals surface area contributed by atoms with Gasteiger partial charge >= 0.3 is 0 Å². The molecular formula is C24H26ClN3O2. The van der Waals surface area contributed by atoms with Gasteiger partial charge in [-0.1, -0.05) is 48.0 Å². The minimum atomic E-state index is -0.133. The third-order valence-electron chi connectivity index (χ3n) is 5.48. The molecule has 6 heteroatoms. The molecule has 0 bridgehead atoms. The number of hydrogen-bond acceptors (Lipinski definition) is 3. The maximum atomic E-state index is 12.9. The Kier molecular flexibility index (Phi) is 7.87. The molecule has 2 aromatic carbocycles. The summed E-state index contributed by atoms with van der Waals surface area (Å²) in [6.07, 6.45) is 3.21. The number of anilines is 1. The highest BCUT2D eigenvalue weighted by Gasteiger charge is 2.29. The third kappa shape index (κ3) is 5.61. The number of carbonyl (C=O) groups is 2. The lowest BCUT2D eigenvalue weighted by molar-refractivity contribution is -0.133. The first kappa shape index (κ1) is 21.9. The Morgan fingerprint density at radius 3 is 2.57 bits per heavy atom. The van der Waals surface area contributed by atoms with Crippen molar-refractivity contribution in [1.29, 1.82) is 5.26 Å². The van der Waals surface area contributed by atoms with E-state index >= 15 is 0 Å². The van der Waals surface area contributed by atoms with Gasteiger partial charge in [-0.25, -0.2) is 0 Å². The van der Waals surface area contributed by atoms with Crippen molar-refractivity contribution in [2.75, 3.05) is 18.0 Å². The molecule has 0 radical (unpaired) electrons. The molecule has 0 saturated carbocycles. The molecule has 30 heavy (non-hydrogen) atoms. The number of nitrogens with zero attached hydrogens (tertiary/aromatic N) is 3. The molecule has 1 fully saturated rings. The van der Waals surface area contributed by atoms with Gasteiger partial charge in [-0.3, -0.25) is 9.59 Å². The van der Waals surface area contributed by atoms with Crippen LogP contribution in [0.4, 0.5) is 5.69 Å². The van der Waals surface area contributed by atoms with Crippen LogP contribution in [0.5, 0.6) is 0 Å². The fourth-order valence-electron chi connectivity index (χ4n) is 3.95. The summed E-state index contributed by atoms with van der Waals surface area (Å²) in [4.78, 5) is 29.2. The minimum absolute atomic E-state index is 0.00574. The van der Waals surface area contributed by atoms with E-state index in [1.165, 1.54) is 0 Å². The molecule has 0 spiro atoms. The van der Waals surface area contributed by atoms with Crippen molar-refractivity contribution in [3.63, 3.8) is 0 Å². The predicted molar refractivity (Wildman–Crippen MR) is 118 cm³/mol. The molecule has 2 amide bonds. The van der Waals surface area contributed by atoms with E-state index in [2.05, 4.69) is 6.07 Å². The first-order chi connectivity index (χ1) is 14.6. The summed E-state index contributed by atoms with van der Waals surface area (Å²) in [5.74, 6) is -0.127. The van der Waals surface area contributed by atoms with Crippen molar-refractivity contribution in [2.24, 2.45) is 0 Å². The summed E-state index contributed by atoms with van der Waals surface area (Å²) in [5.41, 5.74) is 1.80. The summed E-state index contributed by atoms with van der Waals surface area (Å²) in [6.45, 7) is 1.05. The lowest BCUT2D eigenvalue weighted by atomic mass is 10.0. The van der Waals surface area contributed by atoms with Crippen LogP contribution in [0.1, 0.15) is 37.7 Å². The summed E-state index contributed by atoms with van der Waals surface area (Å²) in [6, 6.07) is 19.2. The molecule has 1 atom stereocenters. The second-order valence-electron chi connectivity index (χ2n) is 7.47. The number of halogens is 1. The van der Waals surface area contributed by atoms with E-state index in [1.807, 2.05) is 59.5 Å².